The normalized spacial score (nSPS) is 11.7. The molecule has 0 aliphatic rings. The molecule has 2 rings (SSSR count). The van der Waals surface area contributed by atoms with Crippen molar-refractivity contribution in [2.45, 2.75) is 12.8 Å². The molecule has 0 amide bonds. The maximum atomic E-state index is 12.9. The number of alkyl halides is 1. The van der Waals surface area contributed by atoms with E-state index in [2.05, 4.69) is 11.7 Å². The van der Waals surface area contributed by atoms with Crippen molar-refractivity contribution in [3.05, 3.63) is 80.6 Å². The molecule has 0 saturated heterocycles. The third-order valence-electron chi connectivity index (χ3n) is 3.87. The number of hydrogen-bond donors (Lipinski definition) is 0. The van der Waals surface area contributed by atoms with Crippen LogP contribution in [0.4, 0.5) is 0 Å². The van der Waals surface area contributed by atoms with Gasteiger partial charge in [0.15, 0.2) is 10.9 Å². The van der Waals surface area contributed by atoms with Gasteiger partial charge in [-0.1, -0.05) is 53.5 Å². The Morgan fingerprint density at radius 3 is 2.60 bits per heavy atom. The summed E-state index contributed by atoms with van der Waals surface area (Å²) >= 11 is 23.4. The molecule has 0 bridgehead atoms. The number of benzene rings is 1. The zero-order valence-corrected chi connectivity index (χ0v) is 18.9. The summed E-state index contributed by atoms with van der Waals surface area (Å²) in [5.41, 5.74) is 0.632. The van der Waals surface area contributed by atoms with Crippen molar-refractivity contribution in [2.24, 2.45) is 0 Å². The number of hydrogen-bond acceptors (Lipinski definition) is 5. The van der Waals surface area contributed by atoms with Crippen molar-refractivity contribution in [2.75, 3.05) is 13.0 Å². The zero-order valence-electron chi connectivity index (χ0n) is 15.8. The highest BCUT2D eigenvalue weighted by molar-refractivity contribution is 6.42. The lowest BCUT2D eigenvalue weighted by Gasteiger charge is -2.03. The van der Waals surface area contributed by atoms with Gasteiger partial charge in [-0.3, -0.25) is 9.59 Å². The number of rotatable bonds is 10. The zero-order chi connectivity index (χ0) is 22.3. The molecule has 1 aromatic carbocycles. The number of allylic oxidation sites excluding steroid dienone is 5. The summed E-state index contributed by atoms with van der Waals surface area (Å²) in [5, 5.41) is 4.46. The Balaban J connectivity index is 2.38. The maximum absolute atomic E-state index is 12.9. The predicted octanol–water partition coefficient (Wildman–Crippen LogP) is 4.53. The molecule has 6 nitrogen and oxygen atoms in total. The van der Waals surface area contributed by atoms with Crippen molar-refractivity contribution >= 4 is 58.0 Å². The fraction of sp³-hybridized carbons (Fsp3) is 0.200. The van der Waals surface area contributed by atoms with Crippen LogP contribution in [0.5, 0.6) is 0 Å². The second-order valence-electron chi connectivity index (χ2n) is 5.91. The van der Waals surface area contributed by atoms with Crippen molar-refractivity contribution in [1.29, 1.82) is 0 Å². The molecule has 0 radical (unpaired) electrons. The van der Waals surface area contributed by atoms with Gasteiger partial charge in [0.05, 0.1) is 16.5 Å². The van der Waals surface area contributed by atoms with Gasteiger partial charge in [0, 0.05) is 22.0 Å². The molecule has 0 saturated carbocycles. The molecule has 30 heavy (non-hydrogen) atoms. The minimum absolute atomic E-state index is 0.0936. The molecule has 1 aromatic heterocycles. The van der Waals surface area contributed by atoms with Crippen LogP contribution in [0.3, 0.4) is 0 Å². The third kappa shape index (κ3) is 6.19. The van der Waals surface area contributed by atoms with E-state index >= 15 is 0 Å². The van der Waals surface area contributed by atoms with Crippen LogP contribution in [0.25, 0.3) is 0 Å². The molecule has 2 aromatic rings. The molecule has 0 N–H and O–H groups in total. The summed E-state index contributed by atoms with van der Waals surface area (Å²) in [5.74, 6) is -0.528. The van der Waals surface area contributed by atoms with Gasteiger partial charge < -0.3 is 4.84 Å². The topological polar surface area (TPSA) is 73.3 Å². The van der Waals surface area contributed by atoms with Gasteiger partial charge in [-0.15, -0.1) is 11.6 Å². The lowest BCUT2D eigenvalue weighted by molar-refractivity contribution is -1.02. The summed E-state index contributed by atoms with van der Waals surface area (Å²) in [7, 11) is 1.31. The van der Waals surface area contributed by atoms with Crippen molar-refractivity contribution < 1.29 is 24.0 Å². The number of aromatic nitrogens is 2. The molecule has 0 aliphatic heterocycles. The number of carbonyl (C=O) groups excluding carboxylic acids is 2. The molecule has 158 valence electrons. The third-order valence-corrected chi connectivity index (χ3v) is 4.90. The van der Waals surface area contributed by atoms with Gasteiger partial charge in [-0.2, -0.15) is 0 Å². The molecule has 0 aliphatic carbocycles. The van der Waals surface area contributed by atoms with E-state index in [0.29, 0.717) is 16.5 Å². The van der Waals surface area contributed by atoms with Crippen LogP contribution in [-0.2, 0) is 11.2 Å². The van der Waals surface area contributed by atoms with Crippen LogP contribution in [0, 0.1) is 0 Å². The summed E-state index contributed by atoms with van der Waals surface area (Å²) in [4.78, 5) is 31.8. The van der Waals surface area contributed by atoms with Crippen molar-refractivity contribution in [3.63, 3.8) is 0 Å². The number of ketones is 2. The molecule has 0 spiro atoms. The lowest BCUT2D eigenvalue weighted by Crippen LogP contribution is -2.43. The standard InChI is InChI=1S/C20H17Cl4N2O4/c1-12(22)9-13(5-3-4-8-21)18(27)11-17-19(25-30-26(17)29-2)20(28)14-6-7-15(23)16(24)10-14/h3-4,6-7,9-10H,1,5,8,11H2,2H3/q+1/b4-3-,13-9+. The lowest BCUT2D eigenvalue weighted by atomic mass is 10.00. The van der Waals surface area contributed by atoms with Crippen LogP contribution in [0.1, 0.15) is 28.2 Å². The minimum atomic E-state index is -0.509. The Morgan fingerprint density at radius 1 is 1.27 bits per heavy atom. The van der Waals surface area contributed by atoms with Crippen LogP contribution >= 0.6 is 46.4 Å². The van der Waals surface area contributed by atoms with Crippen molar-refractivity contribution in [1.82, 2.24) is 5.16 Å². The van der Waals surface area contributed by atoms with E-state index in [1.165, 1.54) is 31.4 Å². The monoisotopic (exact) mass is 489 g/mol. The Kier molecular flexibility index (Phi) is 9.11. The highest BCUT2D eigenvalue weighted by Gasteiger charge is 2.34. The summed E-state index contributed by atoms with van der Waals surface area (Å²) < 4.78 is 5.02. The fourth-order valence-corrected chi connectivity index (χ4v) is 3.04. The molecular weight excluding hydrogens is 474 g/mol. The van der Waals surface area contributed by atoms with Gasteiger partial charge in [0.25, 0.3) is 5.69 Å². The first-order valence-electron chi connectivity index (χ1n) is 8.53. The Morgan fingerprint density at radius 2 is 2.00 bits per heavy atom. The van der Waals surface area contributed by atoms with E-state index < -0.39 is 5.78 Å². The molecule has 0 unspecified atom stereocenters. The Labute approximate surface area is 193 Å². The second-order valence-corrected chi connectivity index (χ2v) is 7.52. The largest absolute Gasteiger partial charge is 0.322 e. The van der Waals surface area contributed by atoms with Crippen molar-refractivity contribution in [3.8, 4) is 0 Å². The number of nitrogens with zero attached hydrogens (tertiary/aromatic N) is 2. The number of halogens is 4. The van der Waals surface area contributed by atoms with Gasteiger partial charge in [-0.05, 0) is 35.3 Å². The van der Waals surface area contributed by atoms with E-state index in [-0.39, 0.29) is 45.6 Å². The van der Waals surface area contributed by atoms with Gasteiger partial charge in [-0.25, -0.2) is 0 Å². The fourth-order valence-electron chi connectivity index (χ4n) is 2.49. The predicted molar refractivity (Wildman–Crippen MR) is 115 cm³/mol. The first-order chi connectivity index (χ1) is 14.3. The quantitative estimate of drug-likeness (QED) is 0.161. The van der Waals surface area contributed by atoms with E-state index in [0.717, 1.165) is 4.90 Å². The van der Waals surface area contributed by atoms with E-state index in [4.69, 9.17) is 55.9 Å². The van der Waals surface area contributed by atoms with Crippen LogP contribution in [0.15, 0.2) is 58.2 Å². The molecule has 0 atom stereocenters. The number of Topliss-reactive ketones (excluding diaryl/α,β-unsaturated/α-hetero) is 1. The summed E-state index contributed by atoms with van der Waals surface area (Å²) in [6.45, 7) is 3.59. The molecule has 0 fully saturated rings. The first kappa shape index (κ1) is 24.2. The highest BCUT2D eigenvalue weighted by Crippen LogP contribution is 2.24. The summed E-state index contributed by atoms with van der Waals surface area (Å²) in [6.07, 6.45) is 4.94. The van der Waals surface area contributed by atoms with E-state index in [9.17, 15) is 9.59 Å². The van der Waals surface area contributed by atoms with Crippen LogP contribution in [0.2, 0.25) is 10.0 Å². The maximum Gasteiger partial charge on any atom is 0.322 e. The van der Waals surface area contributed by atoms with Gasteiger partial charge in [0.1, 0.15) is 12.0 Å². The molecular formula is C20H17Cl4N2O4+. The Hall–Kier alpha value is -2.12. The minimum Gasteiger partial charge on any atom is -0.305 e. The van der Waals surface area contributed by atoms with Crippen LogP contribution in [-0.4, -0.2) is 29.7 Å². The van der Waals surface area contributed by atoms with E-state index in [1.807, 2.05) is 0 Å². The smallest absolute Gasteiger partial charge is 0.305 e. The summed E-state index contributed by atoms with van der Waals surface area (Å²) in [6, 6.07) is 4.39. The molecule has 1 heterocycles. The number of carbonyl (C=O) groups is 2. The average molecular weight is 491 g/mol. The van der Waals surface area contributed by atoms with E-state index in [1.54, 1.807) is 12.2 Å². The SMILES string of the molecule is C=C(Cl)/C=C(\C/C=C\CCl)C(=O)Cc1c(C(=O)c2ccc(Cl)c(Cl)c2)no[n+]1OC. The second kappa shape index (κ2) is 11.3. The van der Waals surface area contributed by atoms with Gasteiger partial charge >= 0.3 is 5.69 Å². The van der Waals surface area contributed by atoms with Crippen LogP contribution < -0.4 is 9.74 Å². The molecule has 10 heteroatoms. The first-order valence-corrected chi connectivity index (χ1v) is 10.2. The average Bonchev–Trinajstić information content (AvgIpc) is 3.11. The Bertz CT molecular complexity index is 1030. The van der Waals surface area contributed by atoms with Gasteiger partial charge in [0.2, 0.25) is 5.78 Å². The highest BCUT2D eigenvalue weighted by atomic mass is 35.5.